The van der Waals surface area contributed by atoms with Gasteiger partial charge < -0.3 is 0 Å². The summed E-state index contributed by atoms with van der Waals surface area (Å²) in [5.41, 5.74) is 0. The van der Waals surface area contributed by atoms with Crippen LogP contribution >= 0.6 is 33.2 Å². The van der Waals surface area contributed by atoms with Gasteiger partial charge in [-0.25, -0.2) is 0 Å². The van der Waals surface area contributed by atoms with E-state index >= 15 is 0 Å². The zero-order valence-corrected chi connectivity index (χ0v) is 10.4. The molecule has 0 aliphatic rings. The second-order valence-electron chi connectivity index (χ2n) is 2.58. The molecule has 0 heterocycles. The molecule has 0 rings (SSSR count). The maximum atomic E-state index is 6.18. The average Bonchev–Trinajstić information content (AvgIpc) is 1.61. The summed E-state index contributed by atoms with van der Waals surface area (Å²) in [6, 6.07) is 0.796. The van der Waals surface area contributed by atoms with Crippen LogP contribution in [0.15, 0.2) is 12.7 Å². The average molecular weight is 234 g/mol. The Hall–Kier alpha value is 1.04. The van der Waals surface area contributed by atoms with Gasteiger partial charge >= 0.3 is 0 Å². The minimum atomic E-state index is -2.13. The first kappa shape index (κ1) is 11.0. The molecular weight excluding hydrogens is 223 g/mol. The lowest BCUT2D eigenvalue weighted by atomic mass is 10.8. The van der Waals surface area contributed by atoms with Gasteiger partial charge in [0.25, 0.3) is 6.21 Å². The van der Waals surface area contributed by atoms with Crippen LogP contribution in [-0.4, -0.2) is 13.1 Å². The first-order valence-corrected chi connectivity index (χ1v) is 12.2. The fourth-order valence-electron chi connectivity index (χ4n) is 0.450. The van der Waals surface area contributed by atoms with E-state index in [1.54, 1.807) is 6.08 Å². The van der Waals surface area contributed by atoms with Gasteiger partial charge in [-0.05, 0) is 12.6 Å². The summed E-state index contributed by atoms with van der Waals surface area (Å²) in [5.74, 6) is 0. The molecule has 1 unspecified atom stereocenters. The van der Waals surface area contributed by atoms with E-state index in [1.807, 2.05) is 13.1 Å². The van der Waals surface area contributed by atoms with E-state index < -0.39 is 13.1 Å². The molecule has 60 valence electrons. The molecule has 0 radical (unpaired) electrons. The van der Waals surface area contributed by atoms with Crippen LogP contribution in [0.3, 0.4) is 0 Å². The summed E-state index contributed by atoms with van der Waals surface area (Å²) in [7, 11) is 0. The molecule has 10 heavy (non-hydrogen) atoms. The Morgan fingerprint density at radius 2 is 1.70 bits per heavy atom. The number of rotatable bonds is 3. The Kier molecular flexibility index (Phi) is 4.01. The van der Waals surface area contributed by atoms with Crippen molar-refractivity contribution < 1.29 is 0 Å². The lowest BCUT2D eigenvalue weighted by Gasteiger charge is -2.25. The van der Waals surface area contributed by atoms with E-state index in [0.717, 1.165) is 6.04 Å². The van der Waals surface area contributed by atoms with Crippen molar-refractivity contribution in [3.05, 3.63) is 12.7 Å². The number of halogens is 3. The van der Waals surface area contributed by atoms with Crippen LogP contribution < -0.4 is 0 Å². The van der Waals surface area contributed by atoms with E-state index in [1.165, 1.54) is 0 Å². The van der Waals surface area contributed by atoms with Crippen LogP contribution in [0, 0.1) is 0 Å². The maximum absolute atomic E-state index is 6.18. The van der Waals surface area contributed by atoms with Crippen LogP contribution in [0.4, 0.5) is 0 Å². The molecule has 0 aliphatic carbocycles. The van der Waals surface area contributed by atoms with Crippen LogP contribution in [0.2, 0.25) is 19.1 Å². The third-order valence-electron chi connectivity index (χ3n) is 1.44. The first-order valence-electron chi connectivity index (χ1n) is 2.99. The van der Waals surface area contributed by atoms with Gasteiger partial charge in [-0.1, -0.05) is 12.6 Å². The zero-order valence-electron chi connectivity index (χ0n) is 6.13. The van der Waals surface area contributed by atoms with Crippen molar-refractivity contribution in [2.24, 2.45) is 0 Å². The third kappa shape index (κ3) is 2.97. The van der Waals surface area contributed by atoms with Crippen LogP contribution in [0.5, 0.6) is 0 Å². The van der Waals surface area contributed by atoms with Crippen molar-refractivity contribution in [3.8, 4) is 0 Å². The third-order valence-corrected chi connectivity index (χ3v) is 23.5. The molecule has 1 atom stereocenters. The predicted octanol–water partition coefficient (Wildman–Crippen LogP) is 3.61. The van der Waals surface area contributed by atoms with Crippen molar-refractivity contribution in [1.82, 2.24) is 0 Å². The number of hydrogen-bond donors (Lipinski definition) is 0. The summed E-state index contributed by atoms with van der Waals surface area (Å²) in [6.45, 7) is 5.60. The van der Waals surface area contributed by atoms with Crippen molar-refractivity contribution >= 4 is 46.3 Å². The minimum absolute atomic E-state index is 0.796. The van der Waals surface area contributed by atoms with Crippen molar-refractivity contribution in [1.29, 1.82) is 0 Å². The van der Waals surface area contributed by atoms with Gasteiger partial charge in [0.2, 0.25) is 0 Å². The lowest BCUT2D eigenvalue weighted by Crippen LogP contribution is -2.45. The Balaban J connectivity index is 4.23. The van der Waals surface area contributed by atoms with Gasteiger partial charge in [-0.2, -0.15) is 11.1 Å². The van der Waals surface area contributed by atoms with E-state index in [4.69, 9.17) is 33.2 Å². The largest absolute Gasteiger partial charge is 0.253 e. The second kappa shape index (κ2) is 3.63. The molecule has 0 aliphatic heterocycles. The molecule has 0 nitrogen and oxygen atoms in total. The van der Waals surface area contributed by atoms with Crippen molar-refractivity contribution in [2.45, 2.75) is 19.1 Å². The highest BCUT2D eigenvalue weighted by atomic mass is 35.7. The standard InChI is InChI=1S/C5H11Cl3Si2/c1-4-5-9(2,6)10(3,7)8/h4H,1,5H2,2-3H3. The highest BCUT2D eigenvalue weighted by molar-refractivity contribution is 7.83. The Morgan fingerprint density at radius 3 is 1.80 bits per heavy atom. The van der Waals surface area contributed by atoms with E-state index in [2.05, 4.69) is 6.58 Å². The normalized spacial score (nSPS) is 18.1. The molecule has 0 saturated carbocycles. The van der Waals surface area contributed by atoms with Gasteiger partial charge in [-0.3, -0.25) is 0 Å². The van der Waals surface area contributed by atoms with Crippen molar-refractivity contribution in [3.63, 3.8) is 0 Å². The van der Waals surface area contributed by atoms with E-state index in [0.29, 0.717) is 0 Å². The Morgan fingerprint density at radius 1 is 1.30 bits per heavy atom. The van der Waals surface area contributed by atoms with Crippen LogP contribution in [0.1, 0.15) is 0 Å². The van der Waals surface area contributed by atoms with E-state index in [9.17, 15) is 0 Å². The van der Waals surface area contributed by atoms with Gasteiger partial charge in [0.1, 0.15) is 0 Å². The fraction of sp³-hybridized carbons (Fsp3) is 0.600. The molecule has 0 aromatic carbocycles. The quantitative estimate of drug-likeness (QED) is 0.397. The Bertz CT molecular complexity index is 127. The summed E-state index contributed by atoms with van der Waals surface area (Å²) in [5, 5.41) is 0. The molecule has 0 N–H and O–H groups in total. The molecule has 0 saturated heterocycles. The lowest BCUT2D eigenvalue weighted by molar-refractivity contribution is 1.66. The van der Waals surface area contributed by atoms with Gasteiger partial charge in [0.05, 0.1) is 0 Å². The van der Waals surface area contributed by atoms with Crippen LogP contribution in [-0.2, 0) is 0 Å². The smallest absolute Gasteiger partial charge is 0.167 e. The van der Waals surface area contributed by atoms with Gasteiger partial charge in [-0.15, -0.1) is 28.7 Å². The topological polar surface area (TPSA) is 0 Å². The van der Waals surface area contributed by atoms with E-state index in [-0.39, 0.29) is 0 Å². The maximum Gasteiger partial charge on any atom is 0.253 e. The minimum Gasteiger partial charge on any atom is -0.167 e. The number of hydrogen-bond acceptors (Lipinski definition) is 0. The van der Waals surface area contributed by atoms with Crippen LogP contribution in [0.25, 0.3) is 0 Å². The predicted molar refractivity (Wildman–Crippen MR) is 55.8 cm³/mol. The monoisotopic (exact) mass is 232 g/mol. The fourth-order valence-corrected chi connectivity index (χ4v) is 4.58. The molecule has 0 fully saturated rings. The molecule has 0 spiro atoms. The molecule has 0 aromatic heterocycles. The first-order chi connectivity index (χ1) is 4.31. The van der Waals surface area contributed by atoms with Gasteiger partial charge in [0, 0.05) is 0 Å². The highest BCUT2D eigenvalue weighted by Crippen LogP contribution is 2.33. The van der Waals surface area contributed by atoms with Crippen molar-refractivity contribution in [2.75, 3.05) is 0 Å². The summed E-state index contributed by atoms with van der Waals surface area (Å²) >= 11 is 18.2. The molecule has 0 bridgehead atoms. The summed E-state index contributed by atoms with van der Waals surface area (Å²) in [6.07, 6.45) is -0.327. The summed E-state index contributed by atoms with van der Waals surface area (Å²) in [4.78, 5) is 0. The molecule has 0 amide bonds. The number of allylic oxidation sites excluding steroid dienone is 1. The molecule has 5 heteroatoms. The molecular formula is C5H11Cl3Si2. The molecule has 0 aromatic rings. The Labute approximate surface area is 78.1 Å². The second-order valence-corrected chi connectivity index (χ2v) is 23.9. The van der Waals surface area contributed by atoms with Gasteiger partial charge in [0.15, 0.2) is 6.90 Å². The highest BCUT2D eigenvalue weighted by Gasteiger charge is 2.45. The summed E-state index contributed by atoms with van der Waals surface area (Å²) < 4.78 is 0. The zero-order chi connectivity index (χ0) is 8.41. The SMILES string of the molecule is C=CC[Si](C)(Cl)[Si](C)(Cl)Cl.